The second-order valence-corrected chi connectivity index (χ2v) is 9.97. The van der Waals surface area contributed by atoms with E-state index in [1.807, 2.05) is 30.3 Å². The van der Waals surface area contributed by atoms with Gasteiger partial charge in [-0.15, -0.1) is 0 Å². The lowest BCUT2D eigenvalue weighted by atomic mass is 9.89. The molecule has 0 spiro atoms. The summed E-state index contributed by atoms with van der Waals surface area (Å²) in [5, 5.41) is 1.01. The number of piperidine rings is 1. The lowest BCUT2D eigenvalue weighted by molar-refractivity contribution is -0.329. The summed E-state index contributed by atoms with van der Waals surface area (Å²) in [5.74, 6) is 1.13. The van der Waals surface area contributed by atoms with Gasteiger partial charge in [0.2, 0.25) is 5.78 Å². The molecule has 0 bridgehead atoms. The molecule has 4 heterocycles. The van der Waals surface area contributed by atoms with Crippen LogP contribution in [0.25, 0.3) is 10.2 Å². The van der Waals surface area contributed by atoms with Crippen LogP contribution in [0.4, 0.5) is 11.5 Å². The zero-order valence-electron chi connectivity index (χ0n) is 17.6. The molecule has 5 nitrogen and oxygen atoms in total. The minimum Gasteiger partial charge on any atom is -0.397 e. The molecule has 0 amide bonds. The first-order valence-corrected chi connectivity index (χ1v) is 11.5. The van der Waals surface area contributed by atoms with E-state index in [0.717, 1.165) is 35.5 Å². The number of benzene rings is 1. The molecule has 0 atom stereocenters. The van der Waals surface area contributed by atoms with E-state index in [-0.39, 0.29) is 11.4 Å². The molecule has 0 radical (unpaired) electrons. The highest BCUT2D eigenvalue weighted by atomic mass is 32.1. The summed E-state index contributed by atoms with van der Waals surface area (Å²) in [6, 6.07) is 9.39. The number of ketones is 1. The highest BCUT2D eigenvalue weighted by Gasteiger charge is 2.36. The Kier molecular flexibility index (Phi) is 4.79. The Morgan fingerprint density at radius 2 is 1.87 bits per heavy atom. The Bertz CT molecular complexity index is 1110. The molecule has 0 aliphatic carbocycles. The van der Waals surface area contributed by atoms with Crippen LogP contribution in [0, 0.1) is 0 Å². The molecule has 0 unspecified atom stereocenters. The molecule has 1 aromatic carbocycles. The van der Waals surface area contributed by atoms with Crippen molar-refractivity contribution in [1.82, 2.24) is 0 Å². The number of H-pyrrole nitrogens is 1. The predicted molar refractivity (Wildman–Crippen MR) is 121 cm³/mol. The van der Waals surface area contributed by atoms with E-state index in [4.69, 9.17) is 10.5 Å². The molecule has 0 saturated carbocycles. The van der Waals surface area contributed by atoms with Gasteiger partial charge in [-0.05, 0) is 38.7 Å². The van der Waals surface area contributed by atoms with Crippen molar-refractivity contribution in [1.29, 1.82) is 0 Å². The summed E-state index contributed by atoms with van der Waals surface area (Å²) in [5.41, 5.74) is 10.1. The number of carbonyl (C=O) groups excluding carboxylic acids is 1. The zero-order chi connectivity index (χ0) is 20.9. The highest BCUT2D eigenvalue weighted by Crippen LogP contribution is 2.42. The Labute approximate surface area is 180 Å². The number of anilines is 2. The number of nitrogens with one attached hydrogen (secondary N) is 1. The molecular formula is C24H28N3O2S+. The van der Waals surface area contributed by atoms with Crippen molar-refractivity contribution < 1.29 is 14.5 Å². The van der Waals surface area contributed by atoms with E-state index in [1.54, 1.807) is 0 Å². The van der Waals surface area contributed by atoms with Crippen LogP contribution in [0.5, 0.6) is 0 Å². The molecule has 2 aromatic heterocycles. The van der Waals surface area contributed by atoms with E-state index < -0.39 is 0 Å². The number of nitrogens with two attached hydrogens (primary N) is 1. The second-order valence-electron chi connectivity index (χ2n) is 8.95. The van der Waals surface area contributed by atoms with Gasteiger partial charge in [0, 0.05) is 12.0 Å². The Balaban J connectivity index is 1.70. The number of nitrogen functional groups attached to an aromatic ring is 1. The zero-order valence-corrected chi connectivity index (χ0v) is 18.4. The molecule has 156 valence electrons. The molecular weight excluding hydrogens is 394 g/mol. The normalized spacial score (nSPS) is 18.4. The molecule has 2 aliphatic rings. The number of pyridine rings is 1. The fourth-order valence-corrected chi connectivity index (χ4v) is 5.79. The van der Waals surface area contributed by atoms with Crippen molar-refractivity contribution in [2.45, 2.75) is 51.7 Å². The van der Waals surface area contributed by atoms with E-state index >= 15 is 0 Å². The first kappa shape index (κ1) is 19.5. The van der Waals surface area contributed by atoms with Crippen molar-refractivity contribution in [3.8, 4) is 0 Å². The SMILES string of the molecule is CC1(C)Cc2c(c(N3CCCCC3)[nH+]c3sc(C(=O)c4ccccc4)c(N)c23)CO1. The Hall–Kier alpha value is -2.44. The standard InChI is InChI=1S/C24H27N3O2S/c1-24(2)13-16-17(14-29-24)22(27-11-7-4-8-12-27)26-23-18(16)19(25)21(30-23)20(28)15-9-5-3-6-10-15/h3,5-6,9-10H,4,7-8,11-14,25H2,1-2H3/p+1. The van der Waals surface area contributed by atoms with Gasteiger partial charge in [-0.3, -0.25) is 9.69 Å². The number of carbonyl (C=O) groups is 1. The predicted octanol–water partition coefficient (Wildman–Crippen LogP) is 4.37. The van der Waals surface area contributed by atoms with Gasteiger partial charge in [-0.25, -0.2) is 4.98 Å². The third-order valence-electron chi connectivity index (χ3n) is 6.25. The van der Waals surface area contributed by atoms with Gasteiger partial charge in [0.15, 0.2) is 4.83 Å². The Morgan fingerprint density at radius 3 is 2.60 bits per heavy atom. The van der Waals surface area contributed by atoms with Crippen LogP contribution in [0.3, 0.4) is 0 Å². The minimum atomic E-state index is -0.252. The third-order valence-corrected chi connectivity index (χ3v) is 7.37. The maximum absolute atomic E-state index is 13.2. The number of thiophene rings is 1. The largest absolute Gasteiger partial charge is 0.397 e. The van der Waals surface area contributed by atoms with Gasteiger partial charge >= 0.3 is 0 Å². The van der Waals surface area contributed by atoms with Crippen LogP contribution >= 0.6 is 11.3 Å². The van der Waals surface area contributed by atoms with Gasteiger partial charge in [0.25, 0.3) is 5.82 Å². The highest BCUT2D eigenvalue weighted by molar-refractivity contribution is 7.21. The molecule has 2 aliphatic heterocycles. The molecule has 3 N–H and O–H groups in total. The van der Waals surface area contributed by atoms with Crippen LogP contribution in [0.15, 0.2) is 30.3 Å². The van der Waals surface area contributed by atoms with Gasteiger partial charge in [0.05, 0.1) is 41.9 Å². The second kappa shape index (κ2) is 7.36. The average molecular weight is 423 g/mol. The number of aromatic amines is 1. The number of hydrogen-bond donors (Lipinski definition) is 1. The monoisotopic (exact) mass is 422 g/mol. The van der Waals surface area contributed by atoms with Crippen LogP contribution < -0.4 is 15.6 Å². The summed E-state index contributed by atoms with van der Waals surface area (Å²) in [6.07, 6.45) is 4.48. The van der Waals surface area contributed by atoms with Gasteiger partial charge in [0.1, 0.15) is 4.88 Å². The minimum absolute atomic E-state index is 0.0118. The number of fused-ring (bicyclic) bond motifs is 3. The topological polar surface area (TPSA) is 69.7 Å². The van der Waals surface area contributed by atoms with Gasteiger partial charge in [-0.1, -0.05) is 41.7 Å². The van der Waals surface area contributed by atoms with Gasteiger partial charge in [-0.2, -0.15) is 0 Å². The summed E-state index contributed by atoms with van der Waals surface area (Å²) < 4.78 is 6.18. The summed E-state index contributed by atoms with van der Waals surface area (Å²) in [6.45, 7) is 6.91. The first-order valence-electron chi connectivity index (χ1n) is 10.7. The fraction of sp³-hybridized carbons (Fsp3) is 0.417. The number of nitrogens with zero attached hydrogens (tertiary/aromatic N) is 1. The van der Waals surface area contributed by atoms with Crippen molar-refractivity contribution in [3.63, 3.8) is 0 Å². The van der Waals surface area contributed by atoms with Crippen molar-refractivity contribution >= 4 is 38.8 Å². The lowest BCUT2D eigenvalue weighted by Gasteiger charge is -2.33. The van der Waals surface area contributed by atoms with Crippen LogP contribution in [-0.2, 0) is 17.8 Å². The quantitative estimate of drug-likeness (QED) is 0.637. The van der Waals surface area contributed by atoms with Crippen molar-refractivity contribution in [2.75, 3.05) is 23.7 Å². The van der Waals surface area contributed by atoms with E-state index in [9.17, 15) is 4.79 Å². The number of aromatic nitrogens is 1. The lowest BCUT2D eigenvalue weighted by Crippen LogP contribution is -2.39. The first-order chi connectivity index (χ1) is 14.4. The third kappa shape index (κ3) is 3.28. The van der Waals surface area contributed by atoms with Gasteiger partial charge < -0.3 is 10.5 Å². The van der Waals surface area contributed by atoms with Crippen LogP contribution in [0.2, 0.25) is 0 Å². The van der Waals surface area contributed by atoms with Crippen molar-refractivity contribution in [2.24, 2.45) is 0 Å². The van der Waals surface area contributed by atoms with Crippen LogP contribution in [-0.4, -0.2) is 24.5 Å². The van der Waals surface area contributed by atoms with Crippen molar-refractivity contribution in [3.05, 3.63) is 51.9 Å². The Morgan fingerprint density at radius 1 is 1.13 bits per heavy atom. The molecule has 30 heavy (non-hydrogen) atoms. The van der Waals surface area contributed by atoms with Crippen LogP contribution in [0.1, 0.15) is 59.5 Å². The molecule has 5 rings (SSSR count). The summed E-state index contributed by atoms with van der Waals surface area (Å²) in [4.78, 5) is 20.9. The molecule has 1 fully saturated rings. The number of ether oxygens (including phenoxy) is 1. The number of hydrogen-bond acceptors (Lipinski definition) is 5. The summed E-state index contributed by atoms with van der Waals surface area (Å²) >= 11 is 1.48. The fourth-order valence-electron chi connectivity index (χ4n) is 4.68. The van der Waals surface area contributed by atoms with E-state index in [2.05, 4.69) is 23.7 Å². The summed E-state index contributed by atoms with van der Waals surface area (Å²) in [7, 11) is 0. The molecule has 3 aromatic rings. The number of rotatable bonds is 3. The molecule has 1 saturated heterocycles. The van der Waals surface area contributed by atoms with E-state index in [0.29, 0.717) is 22.7 Å². The average Bonchev–Trinajstić information content (AvgIpc) is 3.09. The van der Waals surface area contributed by atoms with E-state index in [1.165, 1.54) is 41.7 Å². The maximum atomic E-state index is 13.2. The maximum Gasteiger partial charge on any atom is 0.281 e. The molecule has 6 heteroatoms. The smallest absolute Gasteiger partial charge is 0.281 e.